The van der Waals surface area contributed by atoms with E-state index in [0.717, 1.165) is 51.9 Å². The van der Waals surface area contributed by atoms with Gasteiger partial charge in [0, 0.05) is 45.1 Å². The number of ether oxygens (including phenoxy) is 1. The molecule has 3 aliphatic rings. The maximum atomic E-state index is 13.5. The monoisotopic (exact) mass is 529 g/mol. The number of hydrogen-bond acceptors (Lipinski definition) is 8. The van der Waals surface area contributed by atoms with E-state index < -0.39 is 28.2 Å². The fourth-order valence-electron chi connectivity index (χ4n) is 5.46. The van der Waals surface area contributed by atoms with Gasteiger partial charge in [0.25, 0.3) is 5.84 Å². The van der Waals surface area contributed by atoms with Crippen LogP contribution in [-0.2, 0) is 19.4 Å². The Bertz CT molecular complexity index is 1070. The minimum absolute atomic E-state index is 0.0532. The van der Waals surface area contributed by atoms with Crippen LogP contribution in [0, 0.1) is 6.92 Å². The first kappa shape index (κ1) is 26.3. The summed E-state index contributed by atoms with van der Waals surface area (Å²) in [5, 5.41) is 9.28. The third-order valence-corrected chi connectivity index (χ3v) is 9.67. The van der Waals surface area contributed by atoms with Gasteiger partial charge < -0.3 is 14.7 Å². The summed E-state index contributed by atoms with van der Waals surface area (Å²) in [7, 11) is -0.00129. The molecule has 12 heteroatoms. The van der Waals surface area contributed by atoms with E-state index >= 15 is 0 Å². The Hall–Kier alpha value is -1.76. The summed E-state index contributed by atoms with van der Waals surface area (Å²) in [6.07, 6.45) is 0.690. The molecule has 4 rings (SSSR count). The lowest BCUT2D eigenvalue weighted by Gasteiger charge is -2.44. The highest BCUT2D eigenvalue weighted by Crippen LogP contribution is 2.36. The average molecular weight is 530 g/mol. The lowest BCUT2D eigenvalue weighted by Crippen LogP contribution is -2.60. The number of piperazine rings is 1. The smallest absolute Gasteiger partial charge is 0.450 e. The number of benzene rings is 1. The van der Waals surface area contributed by atoms with Crippen molar-refractivity contribution in [2.75, 3.05) is 46.0 Å². The second-order valence-corrected chi connectivity index (χ2v) is 12.1. The average Bonchev–Trinajstić information content (AvgIpc) is 3.08. The highest BCUT2D eigenvalue weighted by Gasteiger charge is 2.52. The van der Waals surface area contributed by atoms with Crippen LogP contribution in [0.25, 0.3) is 0 Å². The van der Waals surface area contributed by atoms with E-state index in [0.29, 0.717) is 11.6 Å². The van der Waals surface area contributed by atoms with Gasteiger partial charge in [-0.3, -0.25) is 4.90 Å². The van der Waals surface area contributed by atoms with Gasteiger partial charge in [0.15, 0.2) is 15.6 Å². The second kappa shape index (κ2) is 10.3. The van der Waals surface area contributed by atoms with Gasteiger partial charge in [-0.25, -0.2) is 13.2 Å². The zero-order chi connectivity index (χ0) is 25.4. The minimum atomic E-state index is -3.88. The number of hydroxylamine groups is 3. The number of aryl methyl sites for hydroxylation is 1. The number of halogens is 1. The minimum Gasteiger partial charge on any atom is -0.450 e. The summed E-state index contributed by atoms with van der Waals surface area (Å²) in [4.78, 5) is 26.4. The van der Waals surface area contributed by atoms with Crippen molar-refractivity contribution in [3.05, 3.63) is 28.8 Å². The van der Waals surface area contributed by atoms with Crippen molar-refractivity contribution in [2.45, 2.75) is 56.0 Å². The van der Waals surface area contributed by atoms with Crippen molar-refractivity contribution in [3.63, 3.8) is 0 Å². The lowest BCUT2D eigenvalue weighted by atomic mass is 9.88. The maximum Gasteiger partial charge on any atom is 0.509 e. The predicted octanol–water partition coefficient (Wildman–Crippen LogP) is 2.75. The standard InChI is InChI=1S/C23H33ClN4O6S/c1-16-6-4-9-19(24)21(16)35(31,32)15-20-25-22(33-23(29)30)34-28(20,3)18-8-5-7-17(14-18)27-12-10-26(2)11-13-27/h4,6,9,17-18,22H,5,7-8,10-15H2,1-3H3/p+1/t17-,18+,22?,28?/m1/s1. The Morgan fingerprint density at radius 3 is 2.66 bits per heavy atom. The molecule has 0 spiro atoms. The lowest BCUT2D eigenvalue weighted by molar-refractivity contribution is -1.04. The van der Waals surface area contributed by atoms with Gasteiger partial charge >= 0.3 is 12.6 Å². The van der Waals surface area contributed by atoms with Crippen LogP contribution >= 0.6 is 11.6 Å². The molecular formula is C23H34ClN4O6S+. The number of hydrogen-bond donors (Lipinski definition) is 1. The molecule has 1 aromatic carbocycles. The van der Waals surface area contributed by atoms with Crippen LogP contribution < -0.4 is 0 Å². The first-order valence-corrected chi connectivity index (χ1v) is 13.9. The van der Waals surface area contributed by atoms with Crippen LogP contribution in [0.15, 0.2) is 28.1 Å². The fraction of sp³-hybridized carbons (Fsp3) is 0.652. The summed E-state index contributed by atoms with van der Waals surface area (Å²) in [5.74, 6) is -0.219. The Morgan fingerprint density at radius 2 is 2.00 bits per heavy atom. The van der Waals surface area contributed by atoms with E-state index in [-0.39, 0.29) is 26.4 Å². The third-order valence-electron chi connectivity index (χ3n) is 7.44. The molecule has 1 aliphatic carbocycles. The number of carbonyl (C=O) groups is 1. The maximum absolute atomic E-state index is 13.5. The van der Waals surface area contributed by atoms with Crippen molar-refractivity contribution in [1.29, 1.82) is 0 Å². The topological polar surface area (TPSA) is 109 Å². The molecule has 35 heavy (non-hydrogen) atoms. The van der Waals surface area contributed by atoms with E-state index in [1.54, 1.807) is 32.2 Å². The molecule has 10 nitrogen and oxygen atoms in total. The van der Waals surface area contributed by atoms with Crippen molar-refractivity contribution in [1.82, 2.24) is 9.80 Å². The molecule has 1 saturated carbocycles. The molecule has 1 aromatic rings. The molecule has 194 valence electrons. The molecule has 4 atom stereocenters. The number of sulfone groups is 1. The largest absolute Gasteiger partial charge is 0.509 e. The second-order valence-electron chi connectivity index (χ2n) is 9.79. The van der Waals surface area contributed by atoms with Crippen molar-refractivity contribution < 1.29 is 32.5 Å². The van der Waals surface area contributed by atoms with Crippen LogP contribution in [0.4, 0.5) is 4.79 Å². The van der Waals surface area contributed by atoms with E-state index in [2.05, 4.69) is 21.8 Å². The molecule has 1 N–H and O–H groups in total. The number of quaternary nitrogens is 1. The first-order chi connectivity index (χ1) is 16.5. The van der Waals surface area contributed by atoms with Crippen LogP contribution in [0.5, 0.6) is 0 Å². The summed E-state index contributed by atoms with van der Waals surface area (Å²) in [5.41, 5.74) is 0.539. The highest BCUT2D eigenvalue weighted by atomic mass is 35.5. The van der Waals surface area contributed by atoms with Gasteiger partial charge in [-0.05, 0) is 38.4 Å². The predicted molar refractivity (Wildman–Crippen MR) is 131 cm³/mol. The van der Waals surface area contributed by atoms with Crippen LogP contribution in [0.1, 0.15) is 31.2 Å². The molecule has 2 fully saturated rings. The van der Waals surface area contributed by atoms with Gasteiger partial charge in [0.05, 0.1) is 9.92 Å². The quantitative estimate of drug-likeness (QED) is 0.442. The Kier molecular flexibility index (Phi) is 7.75. The normalized spacial score (nSPS) is 30.7. The Balaban J connectivity index is 1.60. The number of likely N-dealkylation sites (N-methyl/N-ethyl adjacent to an activating group) is 1. The number of aliphatic imine (C=N–C) groups is 1. The molecule has 0 aromatic heterocycles. The van der Waals surface area contributed by atoms with Crippen molar-refractivity contribution in [3.8, 4) is 0 Å². The number of nitrogens with zero attached hydrogens (tertiary/aromatic N) is 4. The number of amidine groups is 1. The van der Waals surface area contributed by atoms with E-state index in [1.807, 2.05) is 0 Å². The Labute approximate surface area is 211 Å². The summed E-state index contributed by atoms with van der Waals surface area (Å²) in [6.45, 7) is 5.70. The van der Waals surface area contributed by atoms with Crippen LogP contribution in [-0.4, -0.2) is 104 Å². The fourth-order valence-corrected chi connectivity index (χ4v) is 7.78. The van der Waals surface area contributed by atoms with Gasteiger partial charge in [-0.2, -0.15) is 4.99 Å². The molecule has 0 amide bonds. The zero-order valence-corrected chi connectivity index (χ0v) is 22.0. The van der Waals surface area contributed by atoms with Crippen molar-refractivity contribution in [2.24, 2.45) is 4.99 Å². The molecule has 2 heterocycles. The highest BCUT2D eigenvalue weighted by molar-refractivity contribution is 7.92. The molecular weight excluding hydrogens is 496 g/mol. The summed E-state index contributed by atoms with van der Waals surface area (Å²) >= 11 is 6.27. The molecule has 2 aliphatic heterocycles. The third kappa shape index (κ3) is 5.65. The van der Waals surface area contributed by atoms with E-state index in [4.69, 9.17) is 26.3 Å². The molecule has 1 saturated heterocycles. The van der Waals surface area contributed by atoms with Crippen LogP contribution in [0.3, 0.4) is 0 Å². The van der Waals surface area contributed by atoms with Gasteiger partial charge in [-0.15, -0.1) is 9.48 Å². The van der Waals surface area contributed by atoms with Crippen molar-refractivity contribution >= 4 is 33.4 Å². The summed E-state index contributed by atoms with van der Waals surface area (Å²) in [6, 6.07) is 5.20. The Morgan fingerprint density at radius 1 is 1.29 bits per heavy atom. The molecule has 2 unspecified atom stereocenters. The number of rotatable bonds is 6. The SMILES string of the molecule is Cc1cccc(Cl)c1S(=O)(=O)CC1=NC(OC(=O)O)O[N+]1(C)[C@H]1CCC[C@@H](N2CCN(C)CC2)C1. The van der Waals surface area contributed by atoms with Crippen LogP contribution in [0.2, 0.25) is 5.02 Å². The number of carboxylic acid groups (broad SMARTS) is 1. The summed E-state index contributed by atoms with van der Waals surface area (Å²) < 4.78 is 31.5. The van der Waals surface area contributed by atoms with E-state index in [1.165, 1.54) is 0 Å². The van der Waals surface area contributed by atoms with Gasteiger partial charge in [0.1, 0.15) is 13.1 Å². The molecule has 0 radical (unpaired) electrons. The zero-order valence-electron chi connectivity index (χ0n) is 20.4. The molecule has 0 bridgehead atoms. The van der Waals surface area contributed by atoms with Gasteiger partial charge in [0.2, 0.25) is 0 Å². The first-order valence-electron chi connectivity index (χ1n) is 11.9. The van der Waals surface area contributed by atoms with Gasteiger partial charge in [-0.1, -0.05) is 23.7 Å². The van der Waals surface area contributed by atoms with E-state index in [9.17, 15) is 13.2 Å².